The maximum Gasteiger partial charge on any atom is 0.255 e. The lowest BCUT2D eigenvalue weighted by Gasteiger charge is -2.48. The SMILES string of the molecule is NC1(C2CCN(Cc3cccc4c3C(=O)N(C3CCC(=O)NC3=O)C4)CC2)CCC1. The molecule has 7 heteroatoms. The van der Waals surface area contributed by atoms with Gasteiger partial charge in [-0.15, -0.1) is 0 Å². The first-order valence-electron chi connectivity index (χ1n) is 11.2. The second-order valence-electron chi connectivity index (χ2n) is 9.49. The number of rotatable bonds is 4. The Balaban J connectivity index is 1.27. The minimum atomic E-state index is -0.561. The number of nitrogens with two attached hydrogens (primary N) is 1. The van der Waals surface area contributed by atoms with E-state index in [1.54, 1.807) is 4.90 Å². The van der Waals surface area contributed by atoms with Gasteiger partial charge in [0.15, 0.2) is 0 Å². The molecule has 3 fully saturated rings. The Bertz CT molecular complexity index is 886. The van der Waals surface area contributed by atoms with E-state index in [1.165, 1.54) is 6.42 Å². The molecule has 2 saturated heterocycles. The van der Waals surface area contributed by atoms with Crippen molar-refractivity contribution >= 4 is 17.7 Å². The van der Waals surface area contributed by atoms with E-state index in [1.807, 2.05) is 18.2 Å². The van der Waals surface area contributed by atoms with Gasteiger partial charge in [-0.2, -0.15) is 0 Å². The smallest absolute Gasteiger partial charge is 0.255 e. The van der Waals surface area contributed by atoms with Crippen LogP contribution in [0, 0.1) is 5.92 Å². The van der Waals surface area contributed by atoms with Crippen molar-refractivity contribution in [2.75, 3.05) is 13.1 Å². The van der Waals surface area contributed by atoms with Crippen LogP contribution in [0.3, 0.4) is 0 Å². The van der Waals surface area contributed by atoms with Gasteiger partial charge in [0.1, 0.15) is 6.04 Å². The number of fused-ring (bicyclic) bond motifs is 1. The van der Waals surface area contributed by atoms with E-state index in [4.69, 9.17) is 5.73 Å². The van der Waals surface area contributed by atoms with E-state index in [-0.39, 0.29) is 29.7 Å². The Morgan fingerprint density at radius 1 is 1.10 bits per heavy atom. The van der Waals surface area contributed by atoms with Gasteiger partial charge in [0.05, 0.1) is 0 Å². The first-order valence-corrected chi connectivity index (χ1v) is 11.2. The third-order valence-corrected chi connectivity index (χ3v) is 7.72. The van der Waals surface area contributed by atoms with Gasteiger partial charge >= 0.3 is 0 Å². The number of amides is 3. The van der Waals surface area contributed by atoms with Crippen LogP contribution in [0.4, 0.5) is 0 Å². The number of hydrogen-bond donors (Lipinski definition) is 2. The van der Waals surface area contributed by atoms with Crippen molar-refractivity contribution in [2.24, 2.45) is 11.7 Å². The first-order chi connectivity index (χ1) is 14.4. The monoisotopic (exact) mass is 410 g/mol. The molecule has 1 unspecified atom stereocenters. The van der Waals surface area contributed by atoms with Crippen LogP contribution in [0.15, 0.2) is 18.2 Å². The van der Waals surface area contributed by atoms with Gasteiger partial charge in [-0.25, -0.2) is 0 Å². The molecule has 1 atom stereocenters. The van der Waals surface area contributed by atoms with Gasteiger partial charge in [0, 0.05) is 30.6 Å². The normalized spacial score (nSPS) is 27.0. The average Bonchev–Trinajstić information content (AvgIpc) is 3.04. The number of carbonyl (C=O) groups excluding carboxylic acids is 3. The Morgan fingerprint density at radius 3 is 2.53 bits per heavy atom. The zero-order chi connectivity index (χ0) is 20.9. The predicted octanol–water partition coefficient (Wildman–Crippen LogP) is 1.54. The molecule has 0 aromatic heterocycles. The van der Waals surface area contributed by atoms with Crippen LogP contribution in [-0.4, -0.2) is 52.2 Å². The molecule has 0 bridgehead atoms. The summed E-state index contributed by atoms with van der Waals surface area (Å²) in [5.74, 6) is -0.0811. The van der Waals surface area contributed by atoms with Crippen LogP contribution in [-0.2, 0) is 22.7 Å². The summed E-state index contributed by atoms with van der Waals surface area (Å²) in [7, 11) is 0. The lowest BCUT2D eigenvalue weighted by molar-refractivity contribution is -0.136. The van der Waals surface area contributed by atoms with Crippen LogP contribution >= 0.6 is 0 Å². The van der Waals surface area contributed by atoms with Crippen molar-refractivity contribution in [3.8, 4) is 0 Å². The summed E-state index contributed by atoms with van der Waals surface area (Å²) in [6.07, 6.45) is 6.51. The predicted molar refractivity (Wildman–Crippen MR) is 111 cm³/mol. The van der Waals surface area contributed by atoms with Crippen LogP contribution in [0.5, 0.6) is 0 Å². The summed E-state index contributed by atoms with van der Waals surface area (Å²) >= 11 is 0. The van der Waals surface area contributed by atoms with Crippen LogP contribution in [0.25, 0.3) is 0 Å². The van der Waals surface area contributed by atoms with Crippen LogP contribution in [0.1, 0.15) is 66.4 Å². The highest BCUT2D eigenvalue weighted by Gasteiger charge is 2.42. The lowest BCUT2D eigenvalue weighted by Crippen LogP contribution is -2.55. The van der Waals surface area contributed by atoms with Crippen LogP contribution in [0.2, 0.25) is 0 Å². The number of likely N-dealkylation sites (tertiary alicyclic amines) is 1. The minimum absolute atomic E-state index is 0.0680. The molecule has 1 aromatic rings. The van der Waals surface area contributed by atoms with E-state index >= 15 is 0 Å². The second-order valence-corrected chi connectivity index (χ2v) is 9.49. The number of nitrogens with one attached hydrogen (secondary N) is 1. The summed E-state index contributed by atoms with van der Waals surface area (Å²) in [6, 6.07) is 5.46. The Morgan fingerprint density at radius 2 is 1.87 bits per heavy atom. The third-order valence-electron chi connectivity index (χ3n) is 7.72. The summed E-state index contributed by atoms with van der Waals surface area (Å²) in [6.45, 7) is 3.21. The number of carbonyl (C=O) groups is 3. The van der Waals surface area contributed by atoms with Crippen molar-refractivity contribution in [3.05, 3.63) is 34.9 Å². The number of piperidine rings is 2. The quantitative estimate of drug-likeness (QED) is 0.734. The molecule has 3 aliphatic heterocycles. The van der Waals surface area contributed by atoms with Gasteiger partial charge in [0.2, 0.25) is 11.8 Å². The van der Waals surface area contributed by atoms with E-state index in [2.05, 4.69) is 10.2 Å². The van der Waals surface area contributed by atoms with Crippen molar-refractivity contribution in [1.29, 1.82) is 0 Å². The molecule has 3 heterocycles. The topological polar surface area (TPSA) is 95.7 Å². The summed E-state index contributed by atoms with van der Waals surface area (Å²) < 4.78 is 0. The highest BCUT2D eigenvalue weighted by Crippen LogP contribution is 2.41. The van der Waals surface area contributed by atoms with E-state index < -0.39 is 6.04 Å². The number of nitrogens with zero attached hydrogens (tertiary/aromatic N) is 2. The highest BCUT2D eigenvalue weighted by atomic mass is 16.2. The third kappa shape index (κ3) is 3.34. The van der Waals surface area contributed by atoms with Gasteiger partial charge in [-0.05, 0) is 68.7 Å². The van der Waals surface area contributed by atoms with Crippen molar-refractivity contribution < 1.29 is 14.4 Å². The van der Waals surface area contributed by atoms with Crippen molar-refractivity contribution in [3.63, 3.8) is 0 Å². The molecule has 160 valence electrons. The molecule has 1 aromatic carbocycles. The molecular weight excluding hydrogens is 380 g/mol. The highest BCUT2D eigenvalue weighted by molar-refractivity contribution is 6.05. The molecule has 1 aliphatic carbocycles. The molecule has 3 N–H and O–H groups in total. The number of benzene rings is 1. The van der Waals surface area contributed by atoms with Gasteiger partial charge < -0.3 is 10.6 Å². The van der Waals surface area contributed by atoms with Crippen LogP contribution < -0.4 is 11.1 Å². The first kappa shape index (κ1) is 19.7. The Kier molecular flexibility index (Phi) is 4.90. The van der Waals surface area contributed by atoms with Gasteiger partial charge in [0.25, 0.3) is 5.91 Å². The maximum atomic E-state index is 13.2. The van der Waals surface area contributed by atoms with Crippen molar-refractivity contribution in [2.45, 2.75) is 69.6 Å². The molecule has 1 saturated carbocycles. The fraction of sp³-hybridized carbons (Fsp3) is 0.609. The number of hydrogen-bond acceptors (Lipinski definition) is 5. The molecule has 0 spiro atoms. The molecule has 3 amide bonds. The van der Waals surface area contributed by atoms with Gasteiger partial charge in [-0.1, -0.05) is 18.2 Å². The van der Waals surface area contributed by atoms with E-state index in [0.29, 0.717) is 18.9 Å². The summed E-state index contributed by atoms with van der Waals surface area (Å²) in [5.41, 5.74) is 9.39. The van der Waals surface area contributed by atoms with E-state index in [0.717, 1.165) is 62.0 Å². The molecule has 0 radical (unpaired) electrons. The second kappa shape index (κ2) is 7.46. The zero-order valence-corrected chi connectivity index (χ0v) is 17.4. The lowest BCUT2D eigenvalue weighted by atomic mass is 9.66. The minimum Gasteiger partial charge on any atom is -0.325 e. The standard InChI is InChI=1S/C23H30N4O3/c24-23(9-2-10-23)17-7-11-26(12-8-17)13-15-3-1-4-16-14-27(22(30)20(15)16)18-5-6-19(28)25-21(18)29/h1,3-4,17-18H,2,5-14,24H2,(H,25,28,29). The maximum absolute atomic E-state index is 13.2. The fourth-order valence-corrected chi connectivity index (χ4v) is 5.72. The molecule has 4 aliphatic rings. The fourth-order valence-electron chi connectivity index (χ4n) is 5.72. The Labute approximate surface area is 177 Å². The summed E-state index contributed by atoms with van der Waals surface area (Å²) in [5, 5.41) is 2.37. The summed E-state index contributed by atoms with van der Waals surface area (Å²) in [4.78, 5) is 41.1. The average molecular weight is 411 g/mol. The Hall–Kier alpha value is -2.25. The molecule has 7 nitrogen and oxygen atoms in total. The molecular formula is C23H30N4O3. The number of imide groups is 1. The zero-order valence-electron chi connectivity index (χ0n) is 17.4. The van der Waals surface area contributed by atoms with E-state index in [9.17, 15) is 14.4 Å². The molecule has 5 rings (SSSR count). The molecule has 30 heavy (non-hydrogen) atoms. The van der Waals surface area contributed by atoms with Crippen molar-refractivity contribution in [1.82, 2.24) is 15.1 Å². The largest absolute Gasteiger partial charge is 0.325 e. The van der Waals surface area contributed by atoms with Gasteiger partial charge in [-0.3, -0.25) is 24.6 Å².